The molecule has 1 fully saturated rings. The van der Waals surface area contributed by atoms with Crippen LogP contribution in [0.3, 0.4) is 0 Å². The summed E-state index contributed by atoms with van der Waals surface area (Å²) in [7, 11) is 4.19. The Bertz CT molecular complexity index is 1160. The number of hydrogen-bond acceptors (Lipinski definition) is 6. The van der Waals surface area contributed by atoms with Crippen molar-refractivity contribution in [1.29, 1.82) is 0 Å². The van der Waals surface area contributed by atoms with Crippen LogP contribution in [0.25, 0.3) is 0 Å². The van der Waals surface area contributed by atoms with E-state index in [0.29, 0.717) is 0 Å². The highest BCUT2D eigenvalue weighted by Gasteiger charge is 2.65. The van der Waals surface area contributed by atoms with Crippen LogP contribution in [0.2, 0.25) is 0 Å². The van der Waals surface area contributed by atoms with Crippen LogP contribution in [0.4, 0.5) is 27.6 Å². The summed E-state index contributed by atoms with van der Waals surface area (Å²) in [6.45, 7) is 2.00. The van der Waals surface area contributed by atoms with Crippen molar-refractivity contribution in [1.82, 2.24) is 15.4 Å². The Hall–Kier alpha value is -3.32. The number of methoxy groups -OCH3 is 1. The number of hydrazine groups is 1. The Kier molecular flexibility index (Phi) is 7.55. The molecule has 2 amide bonds. The molecule has 0 radical (unpaired) electrons. The molecule has 1 aliphatic rings. The Morgan fingerprint density at radius 2 is 1.86 bits per heavy atom. The van der Waals surface area contributed by atoms with Crippen molar-refractivity contribution >= 4 is 17.5 Å². The van der Waals surface area contributed by atoms with E-state index in [1.807, 2.05) is 0 Å². The monoisotopic (exact) mass is 516 g/mol. The van der Waals surface area contributed by atoms with E-state index in [-0.39, 0.29) is 16.9 Å². The standard InChI is InChI=1S/C23H25F5N4O4/c1-11-16(13-6-7-14(24)17(25)18(13)35-5)19(36-22(11,2)23(26,27)28)21(34)30-12-8-9-29-15(10-12)20(33)31-32(3)4/h6-11,16,19H,1-5H3,(H,31,33)(H,29,30,34)/t11-,16-,19+,22+/m0/s1. The van der Waals surface area contributed by atoms with Crippen LogP contribution in [0.15, 0.2) is 30.5 Å². The zero-order valence-corrected chi connectivity index (χ0v) is 20.0. The second kappa shape index (κ2) is 9.97. The molecular formula is C23H25F5N4O4. The predicted octanol–water partition coefficient (Wildman–Crippen LogP) is 3.65. The molecule has 1 aromatic carbocycles. The van der Waals surface area contributed by atoms with E-state index in [2.05, 4.69) is 15.7 Å². The zero-order valence-electron chi connectivity index (χ0n) is 20.0. The number of nitrogens with one attached hydrogen (secondary N) is 2. The highest BCUT2D eigenvalue weighted by atomic mass is 19.4. The molecule has 2 heterocycles. The second-order valence-electron chi connectivity index (χ2n) is 8.70. The number of ether oxygens (including phenoxy) is 2. The highest BCUT2D eigenvalue weighted by Crippen LogP contribution is 2.55. The summed E-state index contributed by atoms with van der Waals surface area (Å²) in [6.07, 6.45) is -5.43. The molecule has 1 aliphatic heterocycles. The number of alkyl halides is 3. The van der Waals surface area contributed by atoms with Gasteiger partial charge in [0.25, 0.3) is 11.8 Å². The Balaban J connectivity index is 2.01. The minimum atomic E-state index is -4.89. The minimum absolute atomic E-state index is 0.0618. The van der Waals surface area contributed by atoms with Crippen LogP contribution in [0, 0.1) is 17.6 Å². The quantitative estimate of drug-likeness (QED) is 0.450. The van der Waals surface area contributed by atoms with Gasteiger partial charge in [0.05, 0.1) is 7.11 Å². The van der Waals surface area contributed by atoms with Gasteiger partial charge in [-0.05, 0) is 25.1 Å². The summed E-state index contributed by atoms with van der Waals surface area (Å²) in [5.74, 6) is -7.61. The number of anilines is 1. The fourth-order valence-corrected chi connectivity index (χ4v) is 4.15. The Labute approximate surface area is 203 Å². The fraction of sp³-hybridized carbons (Fsp3) is 0.435. The number of aromatic nitrogens is 1. The molecule has 8 nitrogen and oxygen atoms in total. The lowest BCUT2D eigenvalue weighted by Gasteiger charge is -2.32. The number of hydrogen-bond donors (Lipinski definition) is 2. The maximum absolute atomic E-state index is 14.4. The topological polar surface area (TPSA) is 92.8 Å². The smallest absolute Gasteiger partial charge is 0.417 e. The van der Waals surface area contributed by atoms with Gasteiger partial charge in [-0.1, -0.05) is 13.0 Å². The lowest BCUT2D eigenvalue weighted by molar-refractivity contribution is -0.272. The Morgan fingerprint density at radius 1 is 1.19 bits per heavy atom. The number of rotatable bonds is 6. The third-order valence-electron chi connectivity index (χ3n) is 6.16. The minimum Gasteiger partial charge on any atom is -0.493 e. The lowest BCUT2D eigenvalue weighted by Crippen LogP contribution is -2.47. The van der Waals surface area contributed by atoms with Crippen molar-refractivity contribution in [2.24, 2.45) is 5.92 Å². The van der Waals surface area contributed by atoms with Crippen LogP contribution < -0.4 is 15.5 Å². The molecule has 196 valence electrons. The number of pyridine rings is 1. The Morgan fingerprint density at radius 3 is 2.44 bits per heavy atom. The van der Waals surface area contributed by atoms with E-state index in [9.17, 15) is 31.5 Å². The SMILES string of the molecule is COc1c([C@H]2[C@H](C(=O)Nc3ccnc(C(=O)NN(C)C)c3)O[C@@](C)(C(F)(F)F)[C@H]2C)ccc(F)c1F. The number of carbonyl (C=O) groups is 2. The molecule has 0 unspecified atom stereocenters. The molecule has 4 atom stereocenters. The summed E-state index contributed by atoms with van der Waals surface area (Å²) < 4.78 is 80.6. The maximum Gasteiger partial charge on any atom is 0.417 e. The van der Waals surface area contributed by atoms with Crippen molar-refractivity contribution in [3.63, 3.8) is 0 Å². The second-order valence-corrected chi connectivity index (χ2v) is 8.70. The highest BCUT2D eigenvalue weighted by molar-refractivity contribution is 5.97. The van der Waals surface area contributed by atoms with E-state index in [1.165, 1.54) is 30.3 Å². The maximum atomic E-state index is 14.4. The summed E-state index contributed by atoms with van der Waals surface area (Å²) in [5, 5.41) is 3.81. The molecule has 36 heavy (non-hydrogen) atoms. The van der Waals surface area contributed by atoms with Crippen LogP contribution in [-0.4, -0.2) is 60.9 Å². The summed E-state index contributed by atoms with van der Waals surface area (Å²) in [6, 6.07) is 4.38. The van der Waals surface area contributed by atoms with Gasteiger partial charge in [-0.3, -0.25) is 20.0 Å². The zero-order chi connectivity index (χ0) is 27.0. The van der Waals surface area contributed by atoms with Gasteiger partial charge < -0.3 is 14.8 Å². The lowest BCUT2D eigenvalue weighted by atomic mass is 9.77. The van der Waals surface area contributed by atoms with Gasteiger partial charge in [0.1, 0.15) is 11.8 Å². The largest absolute Gasteiger partial charge is 0.493 e. The van der Waals surface area contributed by atoms with Gasteiger partial charge in [0.15, 0.2) is 17.2 Å². The summed E-state index contributed by atoms with van der Waals surface area (Å²) in [5.41, 5.74) is -0.480. The molecular weight excluding hydrogens is 491 g/mol. The first-order chi connectivity index (χ1) is 16.7. The number of benzene rings is 1. The van der Waals surface area contributed by atoms with E-state index in [1.54, 1.807) is 14.1 Å². The van der Waals surface area contributed by atoms with Crippen molar-refractivity contribution < 1.29 is 41.0 Å². The van der Waals surface area contributed by atoms with Gasteiger partial charge in [-0.2, -0.15) is 17.6 Å². The van der Waals surface area contributed by atoms with E-state index in [4.69, 9.17) is 9.47 Å². The van der Waals surface area contributed by atoms with Crippen molar-refractivity contribution in [2.75, 3.05) is 26.5 Å². The number of nitrogens with zero attached hydrogens (tertiary/aromatic N) is 2. The number of halogens is 5. The summed E-state index contributed by atoms with van der Waals surface area (Å²) >= 11 is 0. The van der Waals surface area contributed by atoms with E-state index >= 15 is 0 Å². The molecule has 0 bridgehead atoms. The third-order valence-corrected chi connectivity index (χ3v) is 6.16. The average molecular weight is 516 g/mol. The first kappa shape index (κ1) is 27.3. The van der Waals surface area contributed by atoms with Crippen LogP contribution in [0.1, 0.15) is 35.8 Å². The first-order valence-electron chi connectivity index (χ1n) is 10.7. The van der Waals surface area contributed by atoms with Crippen molar-refractivity contribution in [3.05, 3.63) is 53.4 Å². The molecule has 0 spiro atoms. The van der Waals surface area contributed by atoms with Gasteiger partial charge in [0, 0.05) is 43.4 Å². The normalized spacial score (nSPS) is 24.0. The first-order valence-corrected chi connectivity index (χ1v) is 10.7. The molecule has 0 aliphatic carbocycles. The molecule has 1 saturated heterocycles. The third kappa shape index (κ3) is 4.98. The molecule has 0 saturated carbocycles. The van der Waals surface area contributed by atoms with E-state index in [0.717, 1.165) is 26.2 Å². The number of amides is 2. The predicted molar refractivity (Wildman–Crippen MR) is 118 cm³/mol. The molecule has 2 aromatic rings. The van der Waals surface area contributed by atoms with Crippen molar-refractivity contribution in [3.8, 4) is 5.75 Å². The van der Waals surface area contributed by atoms with Gasteiger partial charge in [0.2, 0.25) is 5.82 Å². The molecule has 2 N–H and O–H groups in total. The molecule has 13 heteroatoms. The number of carbonyl (C=O) groups excluding carboxylic acids is 2. The summed E-state index contributed by atoms with van der Waals surface area (Å²) in [4.78, 5) is 29.3. The van der Waals surface area contributed by atoms with Gasteiger partial charge in [-0.15, -0.1) is 0 Å². The fourth-order valence-electron chi connectivity index (χ4n) is 4.15. The average Bonchev–Trinajstić information content (AvgIpc) is 3.07. The van der Waals surface area contributed by atoms with Crippen LogP contribution in [-0.2, 0) is 9.53 Å². The van der Waals surface area contributed by atoms with Gasteiger partial charge in [-0.25, -0.2) is 9.40 Å². The van der Waals surface area contributed by atoms with Crippen LogP contribution in [0.5, 0.6) is 5.75 Å². The van der Waals surface area contributed by atoms with Crippen LogP contribution >= 0.6 is 0 Å². The molecule has 1 aromatic heterocycles. The van der Waals surface area contributed by atoms with Gasteiger partial charge >= 0.3 is 6.18 Å². The molecule has 3 rings (SSSR count). The van der Waals surface area contributed by atoms with E-state index < -0.39 is 58.9 Å². The van der Waals surface area contributed by atoms with Crippen molar-refractivity contribution in [2.45, 2.75) is 37.6 Å².